The Morgan fingerprint density at radius 1 is 1.14 bits per heavy atom. The predicted octanol–water partition coefficient (Wildman–Crippen LogP) is 2.83. The third kappa shape index (κ3) is 5.45. The number of nitrogens with zero attached hydrogens (tertiary/aromatic N) is 2. The number of aliphatic hydroxyl groups is 1. The Bertz CT molecular complexity index is 1140. The molecule has 0 aromatic heterocycles. The molecule has 5 aliphatic rings. The lowest BCUT2D eigenvalue weighted by Crippen LogP contribution is -2.61. The minimum atomic E-state index is -1.37. The lowest BCUT2D eigenvalue weighted by Gasteiger charge is -2.43. The van der Waals surface area contributed by atoms with Crippen molar-refractivity contribution in [3.63, 3.8) is 0 Å². The van der Waals surface area contributed by atoms with Crippen molar-refractivity contribution in [1.82, 2.24) is 15.1 Å². The molecule has 11 heteroatoms. The van der Waals surface area contributed by atoms with Gasteiger partial charge in [0.1, 0.15) is 29.8 Å². The topological polar surface area (TPSA) is 125 Å². The van der Waals surface area contributed by atoms with Gasteiger partial charge in [0.05, 0.1) is 25.1 Å². The van der Waals surface area contributed by atoms with Crippen LogP contribution in [-0.2, 0) is 28.7 Å². The van der Waals surface area contributed by atoms with E-state index < -0.39 is 47.7 Å². The van der Waals surface area contributed by atoms with E-state index in [-0.39, 0.29) is 49.3 Å². The molecule has 4 heterocycles. The lowest BCUT2D eigenvalue weighted by atomic mass is 9.74. The van der Waals surface area contributed by atoms with Crippen molar-refractivity contribution < 1.29 is 33.8 Å². The molecule has 8 atom stereocenters. The summed E-state index contributed by atoms with van der Waals surface area (Å²) >= 11 is 3.58. The summed E-state index contributed by atoms with van der Waals surface area (Å²) in [6, 6.07) is -1.66. The predicted molar refractivity (Wildman–Crippen MR) is 158 cm³/mol. The minimum Gasteiger partial charge on any atom is -0.460 e. The third-order valence-corrected chi connectivity index (χ3v) is 10.6. The normalized spacial score (nSPS) is 36.8. The van der Waals surface area contributed by atoms with Crippen molar-refractivity contribution in [3.8, 4) is 0 Å². The summed E-state index contributed by atoms with van der Waals surface area (Å²) in [6.07, 6.45) is 10.6. The average molecular weight is 651 g/mol. The van der Waals surface area contributed by atoms with Crippen LogP contribution in [0.15, 0.2) is 22.7 Å². The maximum atomic E-state index is 14.9. The first-order valence-corrected chi connectivity index (χ1v) is 16.4. The Morgan fingerprint density at radius 3 is 2.57 bits per heavy atom. The largest absolute Gasteiger partial charge is 0.460 e. The number of cyclic esters (lactones) is 1. The van der Waals surface area contributed by atoms with E-state index in [1.165, 1.54) is 0 Å². The fourth-order valence-electron chi connectivity index (χ4n) is 7.53. The van der Waals surface area contributed by atoms with Crippen molar-refractivity contribution in [3.05, 3.63) is 22.7 Å². The maximum Gasteiger partial charge on any atom is 0.313 e. The first-order valence-electron chi connectivity index (χ1n) is 15.6. The Labute approximate surface area is 256 Å². The van der Waals surface area contributed by atoms with E-state index in [2.05, 4.69) is 21.2 Å². The average Bonchev–Trinajstić information content (AvgIpc) is 3.57. The number of halogens is 1. The molecule has 0 unspecified atom stereocenters. The van der Waals surface area contributed by atoms with Crippen LogP contribution in [0.25, 0.3) is 0 Å². The van der Waals surface area contributed by atoms with E-state index in [0.717, 1.165) is 32.1 Å². The van der Waals surface area contributed by atoms with Crippen molar-refractivity contribution in [2.24, 2.45) is 17.8 Å². The maximum absolute atomic E-state index is 14.9. The van der Waals surface area contributed by atoms with Crippen LogP contribution >= 0.6 is 15.9 Å². The second-order valence-electron chi connectivity index (χ2n) is 12.6. The molecule has 2 N–H and O–H groups in total. The van der Waals surface area contributed by atoms with Gasteiger partial charge in [0.25, 0.3) is 0 Å². The fourth-order valence-corrected chi connectivity index (χ4v) is 8.27. The Hall–Kier alpha value is -2.24. The van der Waals surface area contributed by atoms with Crippen LogP contribution < -0.4 is 5.32 Å². The van der Waals surface area contributed by atoms with Crippen LogP contribution in [0, 0.1) is 17.8 Å². The van der Waals surface area contributed by atoms with Crippen LogP contribution in [-0.4, -0.2) is 94.2 Å². The molecule has 5 bridgehead atoms. The Morgan fingerprint density at radius 2 is 1.88 bits per heavy atom. The highest BCUT2D eigenvalue weighted by atomic mass is 79.9. The summed E-state index contributed by atoms with van der Waals surface area (Å²) in [6.45, 7) is 5.84. The first kappa shape index (κ1) is 31.2. The fraction of sp³-hybridized carbons (Fsp3) is 0.742. The standard InChI is InChI=1S/C31H44BrN3O7/c1-4-18(2)22(17-36)35-27-29(39)34(20-11-7-5-8-12-20)14-10-6-9-13-23(37)33-16-19(3)41-30(40)24-25(28(35)38)31(27)15-21(32)26(24)42-31/h6,10,15,18-20,22,24-27,36H,4-5,7-9,11-14,16-17H2,1-3H3,(H,33,37)/b10-6-/t18-,19-,22-,24+,25-,26+,27+,31-/m0/s1. The molecule has 1 spiro atoms. The molecule has 0 radical (unpaired) electrons. The van der Waals surface area contributed by atoms with Crippen LogP contribution in [0.2, 0.25) is 0 Å². The molecule has 3 fully saturated rings. The summed E-state index contributed by atoms with van der Waals surface area (Å²) in [5.74, 6) is -3.37. The van der Waals surface area contributed by atoms with E-state index >= 15 is 0 Å². The second kappa shape index (κ2) is 12.8. The molecule has 0 aromatic rings. The van der Waals surface area contributed by atoms with E-state index in [1.807, 2.05) is 37.0 Å². The van der Waals surface area contributed by atoms with Gasteiger partial charge in [-0.1, -0.05) is 67.6 Å². The van der Waals surface area contributed by atoms with Gasteiger partial charge in [0.15, 0.2) is 0 Å². The molecular formula is C31H44BrN3O7. The van der Waals surface area contributed by atoms with E-state index in [0.29, 0.717) is 23.9 Å². The Kier molecular flexibility index (Phi) is 9.49. The molecule has 42 heavy (non-hydrogen) atoms. The molecule has 5 rings (SSSR count). The molecule has 4 aliphatic heterocycles. The van der Waals surface area contributed by atoms with Gasteiger partial charge in [0, 0.05) is 23.5 Å². The van der Waals surface area contributed by atoms with Gasteiger partial charge in [-0.15, -0.1) is 0 Å². The van der Waals surface area contributed by atoms with Gasteiger partial charge in [-0.3, -0.25) is 19.2 Å². The number of aliphatic hydroxyl groups excluding tert-OH is 1. The summed E-state index contributed by atoms with van der Waals surface area (Å²) in [7, 11) is 0. The highest BCUT2D eigenvalue weighted by Gasteiger charge is 2.75. The van der Waals surface area contributed by atoms with Crippen molar-refractivity contribution >= 4 is 39.6 Å². The highest BCUT2D eigenvalue weighted by Crippen LogP contribution is 2.59. The molecule has 1 aliphatic carbocycles. The number of esters is 1. The number of carbonyl (C=O) groups is 4. The number of allylic oxidation sites excluding steroid dienone is 1. The van der Waals surface area contributed by atoms with Crippen LogP contribution in [0.3, 0.4) is 0 Å². The molecule has 232 valence electrons. The van der Waals surface area contributed by atoms with Crippen LogP contribution in [0.5, 0.6) is 0 Å². The zero-order valence-electron chi connectivity index (χ0n) is 24.8. The van der Waals surface area contributed by atoms with E-state index in [9.17, 15) is 24.3 Å². The molecule has 10 nitrogen and oxygen atoms in total. The number of ether oxygens (including phenoxy) is 2. The monoisotopic (exact) mass is 649 g/mol. The second-order valence-corrected chi connectivity index (χ2v) is 13.5. The third-order valence-electron chi connectivity index (χ3n) is 9.92. The quantitative estimate of drug-likeness (QED) is 0.347. The number of rotatable bonds is 5. The highest BCUT2D eigenvalue weighted by molar-refractivity contribution is 9.11. The van der Waals surface area contributed by atoms with Gasteiger partial charge in [0.2, 0.25) is 17.7 Å². The van der Waals surface area contributed by atoms with Gasteiger partial charge in [-0.2, -0.15) is 0 Å². The van der Waals surface area contributed by atoms with Crippen LogP contribution in [0.1, 0.15) is 72.1 Å². The minimum absolute atomic E-state index is 0.00232. The molecule has 0 aromatic carbocycles. The Balaban J connectivity index is 1.63. The van der Waals surface area contributed by atoms with Gasteiger partial charge in [-0.05, 0) is 38.2 Å². The van der Waals surface area contributed by atoms with Crippen molar-refractivity contribution in [2.45, 2.75) is 108 Å². The van der Waals surface area contributed by atoms with Crippen LogP contribution in [0.4, 0.5) is 0 Å². The molecule has 3 amide bonds. The summed E-state index contributed by atoms with van der Waals surface area (Å²) in [5.41, 5.74) is -1.37. The molecular weight excluding hydrogens is 606 g/mol. The zero-order valence-corrected chi connectivity index (χ0v) is 26.4. The molecule has 2 saturated heterocycles. The first-order chi connectivity index (χ1) is 20.1. The number of hydrogen-bond donors (Lipinski definition) is 2. The number of carbonyl (C=O) groups excluding carboxylic acids is 4. The SMILES string of the molecule is CC[C@H](C)[C@H](CO)N1C(=O)[C@@H]2[C@H]3C(=O)O[C@@H](C)CNC(=O)CC/C=C\CN(C4CCCCC4)C(=O)[C@@H]1[C@]21C=C(Br)[C@H]3O1. The number of likely N-dealkylation sites (tertiary alicyclic amines) is 1. The van der Waals surface area contributed by atoms with E-state index in [4.69, 9.17) is 9.47 Å². The summed E-state index contributed by atoms with van der Waals surface area (Å²) in [4.78, 5) is 58.9. The summed E-state index contributed by atoms with van der Waals surface area (Å²) in [5, 5.41) is 13.4. The van der Waals surface area contributed by atoms with Gasteiger partial charge >= 0.3 is 5.97 Å². The van der Waals surface area contributed by atoms with Gasteiger partial charge < -0.3 is 29.7 Å². The number of nitrogens with one attached hydrogen (secondary N) is 1. The van der Waals surface area contributed by atoms with Crippen molar-refractivity contribution in [2.75, 3.05) is 19.7 Å². The molecule has 1 saturated carbocycles. The smallest absolute Gasteiger partial charge is 0.313 e. The summed E-state index contributed by atoms with van der Waals surface area (Å²) < 4.78 is 13.0. The van der Waals surface area contributed by atoms with Gasteiger partial charge in [-0.25, -0.2) is 0 Å². The van der Waals surface area contributed by atoms with E-state index in [1.54, 1.807) is 11.8 Å². The zero-order chi connectivity index (χ0) is 30.2. The number of amides is 3. The number of fused-ring (bicyclic) bond motifs is 2. The lowest BCUT2D eigenvalue weighted by molar-refractivity contribution is -0.160. The number of hydrogen-bond acceptors (Lipinski definition) is 7. The van der Waals surface area contributed by atoms with Crippen molar-refractivity contribution in [1.29, 1.82) is 0 Å².